The number of hydrogen-bond acceptors (Lipinski definition) is 4. The Morgan fingerprint density at radius 3 is 3.00 bits per heavy atom. The predicted molar refractivity (Wildman–Crippen MR) is 70.5 cm³/mol. The summed E-state index contributed by atoms with van der Waals surface area (Å²) in [6.07, 6.45) is 6.10. The highest BCUT2D eigenvalue weighted by molar-refractivity contribution is 9.10. The van der Waals surface area contributed by atoms with E-state index in [9.17, 15) is 5.11 Å². The third-order valence-corrected chi connectivity index (χ3v) is 2.77. The molecule has 0 aromatic carbocycles. The van der Waals surface area contributed by atoms with E-state index in [1.54, 1.807) is 18.5 Å². The number of hydrogen-bond donors (Lipinski definition) is 1. The second-order valence-corrected chi connectivity index (χ2v) is 4.73. The van der Waals surface area contributed by atoms with Crippen LogP contribution >= 0.6 is 15.9 Å². The molecule has 2 aromatic heterocycles. The van der Waals surface area contributed by atoms with Gasteiger partial charge in [0.2, 0.25) is 5.88 Å². The van der Waals surface area contributed by atoms with Crippen molar-refractivity contribution >= 4 is 15.9 Å². The predicted octanol–water partition coefficient (Wildman–Crippen LogP) is 2.74. The molecule has 2 aromatic rings. The van der Waals surface area contributed by atoms with Crippen LogP contribution in [0.2, 0.25) is 0 Å². The molecule has 2 rings (SSSR count). The molecule has 2 heterocycles. The maximum absolute atomic E-state index is 9.25. The van der Waals surface area contributed by atoms with Crippen molar-refractivity contribution in [3.63, 3.8) is 0 Å². The van der Waals surface area contributed by atoms with Gasteiger partial charge in [0.25, 0.3) is 0 Å². The van der Waals surface area contributed by atoms with Gasteiger partial charge in [-0.25, -0.2) is 4.98 Å². The van der Waals surface area contributed by atoms with Crippen molar-refractivity contribution in [1.29, 1.82) is 0 Å². The lowest BCUT2D eigenvalue weighted by Gasteiger charge is -2.06. The number of ether oxygens (including phenoxy) is 1. The molecule has 5 nitrogen and oxygen atoms in total. The average Bonchev–Trinajstić information content (AvgIpc) is 2.79. The number of aryl methyl sites for hydroxylation is 1. The molecule has 0 saturated heterocycles. The molecular formula is C12H14BrN3O2. The minimum absolute atomic E-state index is 0.120. The van der Waals surface area contributed by atoms with E-state index in [1.165, 1.54) is 0 Å². The quantitative estimate of drug-likeness (QED) is 0.922. The van der Waals surface area contributed by atoms with Crippen molar-refractivity contribution in [2.24, 2.45) is 0 Å². The number of rotatable bonds is 5. The van der Waals surface area contributed by atoms with Crippen LogP contribution in [-0.2, 0) is 13.2 Å². The number of nitrogens with zero attached hydrogens (tertiary/aromatic N) is 3. The van der Waals surface area contributed by atoms with E-state index in [0.29, 0.717) is 17.2 Å². The second-order valence-electron chi connectivity index (χ2n) is 3.82. The maximum atomic E-state index is 9.25. The van der Waals surface area contributed by atoms with E-state index in [2.05, 4.69) is 32.9 Å². The molecule has 0 amide bonds. The molecule has 0 unspecified atom stereocenters. The van der Waals surface area contributed by atoms with Gasteiger partial charge in [-0.2, -0.15) is 5.10 Å². The highest BCUT2D eigenvalue weighted by atomic mass is 79.9. The summed E-state index contributed by atoms with van der Waals surface area (Å²) in [6, 6.07) is 1.78. The van der Waals surface area contributed by atoms with Gasteiger partial charge in [0.05, 0.1) is 19.0 Å². The van der Waals surface area contributed by atoms with Gasteiger partial charge in [0.15, 0.2) is 5.75 Å². The summed E-state index contributed by atoms with van der Waals surface area (Å²) < 4.78 is 8.23. The van der Waals surface area contributed by atoms with Crippen molar-refractivity contribution in [3.05, 3.63) is 34.7 Å². The molecule has 1 N–H and O–H groups in total. The molecule has 0 saturated carbocycles. The smallest absolute Gasteiger partial charge is 0.224 e. The van der Waals surface area contributed by atoms with E-state index in [4.69, 9.17) is 4.74 Å². The zero-order valence-electron chi connectivity index (χ0n) is 10.0. The van der Waals surface area contributed by atoms with Gasteiger partial charge in [0.1, 0.15) is 0 Å². The molecular weight excluding hydrogens is 298 g/mol. The van der Waals surface area contributed by atoms with Crippen LogP contribution in [0.5, 0.6) is 11.6 Å². The molecule has 96 valence electrons. The number of aliphatic hydroxyl groups is 1. The Balaban J connectivity index is 2.17. The van der Waals surface area contributed by atoms with Gasteiger partial charge < -0.3 is 9.84 Å². The van der Waals surface area contributed by atoms with Crippen LogP contribution < -0.4 is 4.74 Å². The fourth-order valence-corrected chi connectivity index (χ4v) is 1.91. The molecule has 0 bridgehead atoms. The number of halogens is 1. The van der Waals surface area contributed by atoms with E-state index in [-0.39, 0.29) is 6.61 Å². The summed E-state index contributed by atoms with van der Waals surface area (Å²) in [5, 5.41) is 13.4. The van der Waals surface area contributed by atoms with E-state index >= 15 is 0 Å². The van der Waals surface area contributed by atoms with Crippen molar-refractivity contribution in [2.75, 3.05) is 0 Å². The van der Waals surface area contributed by atoms with Crippen molar-refractivity contribution in [1.82, 2.24) is 14.8 Å². The third-order valence-electron chi connectivity index (χ3n) is 2.34. The Morgan fingerprint density at radius 1 is 1.44 bits per heavy atom. The zero-order chi connectivity index (χ0) is 13.0. The van der Waals surface area contributed by atoms with Crippen LogP contribution in [0.15, 0.2) is 29.1 Å². The van der Waals surface area contributed by atoms with Crippen molar-refractivity contribution < 1.29 is 9.84 Å². The largest absolute Gasteiger partial charge is 0.435 e. The first kappa shape index (κ1) is 13.0. The van der Waals surface area contributed by atoms with Gasteiger partial charge in [-0.3, -0.25) is 4.68 Å². The summed E-state index contributed by atoms with van der Waals surface area (Å²) in [5.41, 5.74) is 0.632. The fourth-order valence-electron chi connectivity index (χ4n) is 1.53. The minimum Gasteiger partial charge on any atom is -0.435 e. The van der Waals surface area contributed by atoms with E-state index < -0.39 is 0 Å². The zero-order valence-corrected chi connectivity index (χ0v) is 11.6. The lowest BCUT2D eigenvalue weighted by molar-refractivity contribution is 0.275. The number of aromatic nitrogens is 3. The highest BCUT2D eigenvalue weighted by Crippen LogP contribution is 2.25. The van der Waals surface area contributed by atoms with Gasteiger partial charge in [-0.1, -0.05) is 6.92 Å². The molecule has 18 heavy (non-hydrogen) atoms. The van der Waals surface area contributed by atoms with Gasteiger partial charge in [-0.15, -0.1) is 0 Å². The van der Waals surface area contributed by atoms with E-state index in [0.717, 1.165) is 17.4 Å². The van der Waals surface area contributed by atoms with Crippen LogP contribution in [0.1, 0.15) is 18.9 Å². The Labute approximate surface area is 114 Å². The summed E-state index contributed by atoms with van der Waals surface area (Å²) in [7, 11) is 0. The van der Waals surface area contributed by atoms with Gasteiger partial charge in [-0.05, 0) is 28.4 Å². The summed E-state index contributed by atoms with van der Waals surface area (Å²) in [6.45, 7) is 2.82. The average molecular weight is 312 g/mol. The van der Waals surface area contributed by atoms with Crippen LogP contribution in [-0.4, -0.2) is 19.9 Å². The fraction of sp³-hybridized carbons (Fsp3) is 0.333. The highest BCUT2D eigenvalue weighted by Gasteiger charge is 2.08. The normalized spacial score (nSPS) is 10.6. The number of aliphatic hydroxyl groups excluding tert-OH is 1. The Hall–Kier alpha value is -1.40. The topological polar surface area (TPSA) is 60.2 Å². The van der Waals surface area contributed by atoms with Gasteiger partial charge >= 0.3 is 0 Å². The third kappa shape index (κ3) is 3.08. The van der Waals surface area contributed by atoms with Crippen LogP contribution in [0.4, 0.5) is 0 Å². The summed E-state index contributed by atoms with van der Waals surface area (Å²) in [4.78, 5) is 4.13. The second kappa shape index (κ2) is 5.97. The molecule has 0 aliphatic carbocycles. The first-order valence-corrected chi connectivity index (χ1v) is 6.47. The van der Waals surface area contributed by atoms with E-state index in [1.807, 2.05) is 10.9 Å². The van der Waals surface area contributed by atoms with Crippen molar-refractivity contribution in [3.8, 4) is 11.6 Å². The molecule has 0 fully saturated rings. The SMILES string of the molecule is CCCn1cc(Oc2ncc(Br)cc2CO)cn1. The van der Waals surface area contributed by atoms with Crippen LogP contribution in [0.3, 0.4) is 0 Å². The monoisotopic (exact) mass is 311 g/mol. The molecule has 0 radical (unpaired) electrons. The lowest BCUT2D eigenvalue weighted by atomic mass is 10.3. The van der Waals surface area contributed by atoms with Crippen molar-refractivity contribution in [2.45, 2.75) is 26.5 Å². The molecule has 6 heteroatoms. The molecule has 0 spiro atoms. The van der Waals surface area contributed by atoms with Gasteiger partial charge in [0, 0.05) is 22.8 Å². The summed E-state index contributed by atoms with van der Waals surface area (Å²) in [5.74, 6) is 1.02. The molecule has 0 atom stereocenters. The van der Waals surface area contributed by atoms with Crippen LogP contribution in [0.25, 0.3) is 0 Å². The Kier molecular flexibility index (Phi) is 4.33. The maximum Gasteiger partial charge on any atom is 0.224 e. The summed E-state index contributed by atoms with van der Waals surface area (Å²) >= 11 is 3.30. The molecule has 0 aliphatic heterocycles. The standard InChI is InChI=1S/C12H14BrN3O2/c1-2-3-16-7-11(6-15-16)18-12-9(8-17)4-10(13)5-14-12/h4-7,17H,2-3,8H2,1H3. The minimum atomic E-state index is -0.120. The lowest BCUT2D eigenvalue weighted by Crippen LogP contribution is -1.96. The molecule has 0 aliphatic rings. The number of pyridine rings is 1. The first-order valence-electron chi connectivity index (χ1n) is 5.68. The first-order chi connectivity index (χ1) is 8.72. The van der Waals surface area contributed by atoms with Crippen LogP contribution in [0, 0.1) is 0 Å². The Bertz CT molecular complexity index is 528. The Morgan fingerprint density at radius 2 is 2.28 bits per heavy atom.